The smallest absolute Gasteiger partial charge is 0.0172 e. The monoisotopic (exact) mass is 258 g/mol. The van der Waals surface area contributed by atoms with E-state index in [1.165, 1.54) is 44.9 Å². The maximum atomic E-state index is 2.66. The zero-order valence-corrected chi connectivity index (χ0v) is 12.8. The van der Waals surface area contributed by atoms with Crippen LogP contribution in [-0.4, -0.2) is 0 Å². The van der Waals surface area contributed by atoms with Crippen LogP contribution in [0.5, 0.6) is 0 Å². The van der Waals surface area contributed by atoms with Gasteiger partial charge in [-0.15, -0.1) is 0 Å². The van der Waals surface area contributed by atoms with Gasteiger partial charge in [0.25, 0.3) is 0 Å². The Morgan fingerprint density at radius 2 is 1.89 bits per heavy atom. The first-order valence-corrected chi connectivity index (χ1v) is 8.88. The lowest BCUT2D eigenvalue weighted by molar-refractivity contribution is -0.00224. The average molecular weight is 258 g/mol. The van der Waals surface area contributed by atoms with Crippen molar-refractivity contribution in [2.24, 2.45) is 35.0 Å². The topological polar surface area (TPSA) is 0 Å². The van der Waals surface area contributed by atoms with E-state index in [1.807, 2.05) is 5.57 Å². The third-order valence-electron chi connectivity index (χ3n) is 7.46. The van der Waals surface area contributed by atoms with Crippen molar-refractivity contribution in [3.63, 3.8) is 0 Å². The lowest BCUT2D eigenvalue weighted by Gasteiger charge is -2.53. The Kier molecular flexibility index (Phi) is 2.87. The minimum atomic E-state index is 0.740. The van der Waals surface area contributed by atoms with Crippen LogP contribution in [0.2, 0.25) is 0 Å². The quantitative estimate of drug-likeness (QED) is 0.497. The summed E-state index contributed by atoms with van der Waals surface area (Å²) < 4.78 is 0. The first-order valence-electron chi connectivity index (χ1n) is 8.88. The van der Waals surface area contributed by atoms with Crippen molar-refractivity contribution in [1.29, 1.82) is 0 Å². The summed E-state index contributed by atoms with van der Waals surface area (Å²) >= 11 is 0. The standard InChI is InChI=1S/C19H30/c1-13-5-7-15-14(12-13)6-8-17-16(15)9-11-19(2)10-3-4-18(17)19/h12-13,15-18H,3-11H2,1-2H3. The highest BCUT2D eigenvalue weighted by molar-refractivity contribution is 5.18. The van der Waals surface area contributed by atoms with Crippen LogP contribution in [0.15, 0.2) is 11.6 Å². The van der Waals surface area contributed by atoms with Gasteiger partial charge in [0.15, 0.2) is 0 Å². The van der Waals surface area contributed by atoms with E-state index in [1.54, 1.807) is 12.8 Å². The summed E-state index contributed by atoms with van der Waals surface area (Å²) in [6.07, 6.45) is 16.3. The normalized spacial score (nSPS) is 52.9. The fourth-order valence-electron chi connectivity index (χ4n) is 6.52. The van der Waals surface area contributed by atoms with E-state index < -0.39 is 0 Å². The van der Waals surface area contributed by atoms with Crippen LogP contribution in [0.3, 0.4) is 0 Å². The lowest BCUT2D eigenvalue weighted by Crippen LogP contribution is -2.44. The molecular formula is C19H30. The SMILES string of the molecule is CC1C=C2CCC3C(CCC4(C)CCCC34)C2CC1. The molecule has 0 heteroatoms. The second-order valence-electron chi connectivity index (χ2n) is 8.46. The molecule has 0 nitrogen and oxygen atoms in total. The summed E-state index contributed by atoms with van der Waals surface area (Å²) in [5, 5.41) is 0. The van der Waals surface area contributed by atoms with Gasteiger partial charge in [0.05, 0.1) is 0 Å². The molecule has 6 atom stereocenters. The van der Waals surface area contributed by atoms with Gasteiger partial charge in [-0.1, -0.05) is 31.9 Å². The summed E-state index contributed by atoms with van der Waals surface area (Å²) in [7, 11) is 0. The molecule has 0 radical (unpaired) electrons. The molecule has 0 aromatic heterocycles. The molecule has 0 spiro atoms. The molecule has 3 fully saturated rings. The molecule has 4 aliphatic rings. The van der Waals surface area contributed by atoms with E-state index in [0.29, 0.717) is 0 Å². The van der Waals surface area contributed by atoms with Crippen LogP contribution in [0.1, 0.15) is 71.6 Å². The van der Waals surface area contributed by atoms with Crippen LogP contribution >= 0.6 is 0 Å². The summed E-state index contributed by atoms with van der Waals surface area (Å²) in [6.45, 7) is 5.04. The fourth-order valence-corrected chi connectivity index (χ4v) is 6.52. The van der Waals surface area contributed by atoms with Crippen LogP contribution in [-0.2, 0) is 0 Å². The van der Waals surface area contributed by atoms with E-state index in [0.717, 1.165) is 35.0 Å². The van der Waals surface area contributed by atoms with E-state index >= 15 is 0 Å². The molecule has 106 valence electrons. The van der Waals surface area contributed by atoms with Crippen molar-refractivity contribution in [3.05, 3.63) is 11.6 Å². The zero-order chi connectivity index (χ0) is 13.0. The van der Waals surface area contributed by atoms with Gasteiger partial charge in [-0.25, -0.2) is 0 Å². The fraction of sp³-hybridized carbons (Fsp3) is 0.895. The largest absolute Gasteiger partial charge is 0.0822 e. The molecule has 19 heavy (non-hydrogen) atoms. The maximum absolute atomic E-state index is 2.66. The van der Waals surface area contributed by atoms with Gasteiger partial charge in [0.1, 0.15) is 0 Å². The van der Waals surface area contributed by atoms with Crippen LogP contribution in [0, 0.1) is 35.0 Å². The van der Waals surface area contributed by atoms with E-state index in [-0.39, 0.29) is 0 Å². The van der Waals surface area contributed by atoms with Crippen molar-refractivity contribution < 1.29 is 0 Å². The zero-order valence-electron chi connectivity index (χ0n) is 12.8. The third kappa shape index (κ3) is 1.85. The average Bonchev–Trinajstić information content (AvgIpc) is 2.79. The highest BCUT2D eigenvalue weighted by atomic mass is 14.6. The highest BCUT2D eigenvalue weighted by Crippen LogP contribution is 2.61. The van der Waals surface area contributed by atoms with E-state index in [9.17, 15) is 0 Å². The second kappa shape index (κ2) is 4.37. The molecule has 4 rings (SSSR count). The molecule has 0 amide bonds. The Balaban J connectivity index is 1.61. The van der Waals surface area contributed by atoms with E-state index in [2.05, 4.69) is 19.9 Å². The van der Waals surface area contributed by atoms with Crippen molar-refractivity contribution in [2.75, 3.05) is 0 Å². The van der Waals surface area contributed by atoms with Gasteiger partial charge >= 0.3 is 0 Å². The number of rotatable bonds is 0. The summed E-state index contributed by atoms with van der Waals surface area (Å²) in [5.41, 5.74) is 2.62. The summed E-state index contributed by atoms with van der Waals surface area (Å²) in [6, 6.07) is 0. The number of fused-ring (bicyclic) bond motifs is 5. The highest BCUT2D eigenvalue weighted by Gasteiger charge is 2.52. The van der Waals surface area contributed by atoms with Crippen LogP contribution in [0.4, 0.5) is 0 Å². The van der Waals surface area contributed by atoms with Crippen LogP contribution < -0.4 is 0 Å². The third-order valence-corrected chi connectivity index (χ3v) is 7.46. The first-order chi connectivity index (χ1) is 9.17. The molecule has 0 N–H and O–H groups in total. The molecule has 4 aliphatic carbocycles. The Morgan fingerprint density at radius 3 is 2.79 bits per heavy atom. The van der Waals surface area contributed by atoms with Gasteiger partial charge in [-0.3, -0.25) is 0 Å². The number of hydrogen-bond acceptors (Lipinski definition) is 0. The maximum Gasteiger partial charge on any atom is -0.0172 e. The van der Waals surface area contributed by atoms with Crippen molar-refractivity contribution in [3.8, 4) is 0 Å². The minimum Gasteiger partial charge on any atom is -0.0822 e. The Morgan fingerprint density at radius 1 is 1.00 bits per heavy atom. The molecule has 0 heterocycles. The molecule has 0 aromatic rings. The molecule has 0 aromatic carbocycles. The van der Waals surface area contributed by atoms with Gasteiger partial charge in [0.2, 0.25) is 0 Å². The second-order valence-corrected chi connectivity index (χ2v) is 8.46. The Labute approximate surface area is 119 Å². The molecule has 0 saturated heterocycles. The predicted octanol–water partition coefficient (Wildman–Crippen LogP) is 5.59. The lowest BCUT2D eigenvalue weighted by atomic mass is 9.52. The minimum absolute atomic E-state index is 0.740. The van der Waals surface area contributed by atoms with Crippen molar-refractivity contribution in [1.82, 2.24) is 0 Å². The molecule has 6 unspecified atom stereocenters. The summed E-state index contributed by atoms with van der Waals surface area (Å²) in [4.78, 5) is 0. The Bertz CT molecular complexity index is 393. The molecular weight excluding hydrogens is 228 g/mol. The molecule has 0 aliphatic heterocycles. The number of hydrogen-bond donors (Lipinski definition) is 0. The predicted molar refractivity (Wildman–Crippen MR) is 80.9 cm³/mol. The van der Waals surface area contributed by atoms with Crippen LogP contribution in [0.25, 0.3) is 0 Å². The van der Waals surface area contributed by atoms with Crippen molar-refractivity contribution >= 4 is 0 Å². The van der Waals surface area contributed by atoms with Gasteiger partial charge < -0.3 is 0 Å². The Hall–Kier alpha value is -0.260. The molecule has 0 bridgehead atoms. The van der Waals surface area contributed by atoms with E-state index in [4.69, 9.17) is 0 Å². The van der Waals surface area contributed by atoms with Crippen molar-refractivity contribution in [2.45, 2.75) is 71.6 Å². The van der Waals surface area contributed by atoms with Gasteiger partial charge in [0, 0.05) is 0 Å². The summed E-state index contributed by atoms with van der Waals surface area (Å²) in [5.74, 6) is 5.12. The van der Waals surface area contributed by atoms with Gasteiger partial charge in [-0.2, -0.15) is 0 Å². The number of allylic oxidation sites excluding steroid dienone is 2. The molecule has 3 saturated carbocycles. The first kappa shape index (κ1) is 12.5. The van der Waals surface area contributed by atoms with Gasteiger partial charge in [-0.05, 0) is 86.4 Å².